The molecule has 0 amide bonds. The van der Waals surface area contributed by atoms with E-state index in [9.17, 15) is 14.3 Å². The second-order valence-corrected chi connectivity index (χ2v) is 6.42. The molecule has 1 aliphatic carbocycles. The lowest BCUT2D eigenvalue weighted by atomic mass is 10.1. The summed E-state index contributed by atoms with van der Waals surface area (Å²) in [5, 5.41) is 9.41. The van der Waals surface area contributed by atoms with Crippen LogP contribution in [0.4, 0.5) is 4.39 Å². The molecule has 5 heteroatoms. The normalized spacial score (nSPS) is 17.6. The van der Waals surface area contributed by atoms with Crippen LogP contribution in [0, 0.1) is 11.2 Å². The van der Waals surface area contributed by atoms with Crippen LogP contribution in [0.25, 0.3) is 0 Å². The highest BCUT2D eigenvalue weighted by atomic mass is 32.2. The number of carbonyl (C=O) groups excluding carboxylic acids is 1. The fourth-order valence-corrected chi connectivity index (χ4v) is 3.27. The van der Waals surface area contributed by atoms with Gasteiger partial charge in [0.25, 0.3) is 0 Å². The number of halogens is 1. The number of carbonyl (C=O) groups is 1. The Hall–Kier alpha value is -1.07. The molecular weight excluding hydrogens is 279 g/mol. The van der Waals surface area contributed by atoms with Gasteiger partial charge in [0.15, 0.2) is 0 Å². The third-order valence-electron chi connectivity index (χ3n) is 3.68. The first-order valence-corrected chi connectivity index (χ1v) is 7.61. The molecule has 1 aromatic carbocycles. The van der Waals surface area contributed by atoms with Gasteiger partial charge in [0.05, 0.1) is 19.6 Å². The van der Waals surface area contributed by atoms with Gasteiger partial charge >= 0.3 is 5.97 Å². The molecule has 0 aromatic heterocycles. The number of esters is 1. The third-order valence-corrected chi connectivity index (χ3v) is 5.08. The molecule has 0 radical (unpaired) electrons. The highest BCUT2D eigenvalue weighted by Crippen LogP contribution is 2.52. The van der Waals surface area contributed by atoms with Gasteiger partial charge < -0.3 is 9.84 Å². The van der Waals surface area contributed by atoms with Gasteiger partial charge in [-0.15, -0.1) is 11.8 Å². The van der Waals surface area contributed by atoms with Crippen molar-refractivity contribution in [2.45, 2.75) is 37.2 Å². The maximum absolute atomic E-state index is 13.9. The summed E-state index contributed by atoms with van der Waals surface area (Å²) in [5.41, 5.74) is 0.551. The van der Waals surface area contributed by atoms with Gasteiger partial charge in [-0.2, -0.15) is 0 Å². The minimum absolute atomic E-state index is 0.0207. The smallest absolute Gasteiger partial charge is 0.306 e. The number of hydrogen-bond acceptors (Lipinski definition) is 4. The number of methoxy groups -OCH3 is 1. The first kappa shape index (κ1) is 15.3. The highest BCUT2D eigenvalue weighted by molar-refractivity contribution is 7.99. The van der Waals surface area contributed by atoms with E-state index in [1.54, 1.807) is 19.1 Å². The van der Waals surface area contributed by atoms with Crippen molar-refractivity contribution in [3.05, 3.63) is 29.6 Å². The van der Waals surface area contributed by atoms with Crippen LogP contribution in [-0.4, -0.2) is 23.9 Å². The number of aliphatic hydroxyl groups is 1. The highest BCUT2D eigenvalue weighted by Gasteiger charge is 2.44. The van der Waals surface area contributed by atoms with Gasteiger partial charge in [-0.25, -0.2) is 4.39 Å². The number of rotatable bonds is 6. The average molecular weight is 298 g/mol. The van der Waals surface area contributed by atoms with Crippen LogP contribution in [0.2, 0.25) is 0 Å². The predicted octanol–water partition coefficient (Wildman–Crippen LogP) is 3.31. The van der Waals surface area contributed by atoms with Crippen molar-refractivity contribution in [3.63, 3.8) is 0 Å². The van der Waals surface area contributed by atoms with Crippen LogP contribution >= 0.6 is 11.8 Å². The average Bonchev–Trinajstić information content (AvgIpc) is 3.17. The Kier molecular flexibility index (Phi) is 4.70. The standard InChI is InChI=1S/C15H19FO3S/c1-10(17)11-3-4-13(12(16)7-11)20-9-15(5-6-15)8-14(18)19-2/h3-4,7,10,17H,5-6,8-9H2,1-2H3/t10-/m0/s1. The van der Waals surface area contributed by atoms with E-state index in [4.69, 9.17) is 4.74 Å². The van der Waals surface area contributed by atoms with Gasteiger partial charge in [0.2, 0.25) is 0 Å². The van der Waals surface area contributed by atoms with Crippen molar-refractivity contribution < 1.29 is 19.0 Å². The number of ether oxygens (including phenoxy) is 1. The molecule has 3 nitrogen and oxygen atoms in total. The molecule has 0 bridgehead atoms. The predicted molar refractivity (Wildman–Crippen MR) is 76.1 cm³/mol. The molecule has 1 saturated carbocycles. The summed E-state index contributed by atoms with van der Waals surface area (Å²) in [6.45, 7) is 1.61. The van der Waals surface area contributed by atoms with Gasteiger partial charge in [-0.05, 0) is 42.9 Å². The van der Waals surface area contributed by atoms with Gasteiger partial charge in [0, 0.05) is 10.6 Å². The summed E-state index contributed by atoms with van der Waals surface area (Å²) in [6, 6.07) is 4.79. The zero-order valence-corrected chi connectivity index (χ0v) is 12.5. The SMILES string of the molecule is COC(=O)CC1(CSc2ccc([C@H](C)O)cc2F)CC1. The molecule has 1 N–H and O–H groups in total. The van der Waals surface area contributed by atoms with E-state index in [2.05, 4.69) is 0 Å². The molecule has 0 unspecified atom stereocenters. The van der Waals surface area contributed by atoms with Crippen molar-refractivity contribution in [1.82, 2.24) is 0 Å². The lowest BCUT2D eigenvalue weighted by molar-refractivity contribution is -0.141. The van der Waals surface area contributed by atoms with Gasteiger partial charge in [-0.1, -0.05) is 6.07 Å². The summed E-state index contributed by atoms with van der Waals surface area (Å²) in [4.78, 5) is 11.9. The van der Waals surface area contributed by atoms with Crippen molar-refractivity contribution >= 4 is 17.7 Å². The molecule has 110 valence electrons. The summed E-state index contributed by atoms with van der Waals surface area (Å²) in [6.07, 6.45) is 1.71. The van der Waals surface area contributed by atoms with E-state index in [0.717, 1.165) is 12.8 Å². The topological polar surface area (TPSA) is 46.5 Å². The maximum Gasteiger partial charge on any atom is 0.306 e. The minimum atomic E-state index is -0.669. The second-order valence-electron chi connectivity index (χ2n) is 5.41. The van der Waals surface area contributed by atoms with Crippen LogP contribution in [-0.2, 0) is 9.53 Å². The van der Waals surface area contributed by atoms with Crippen LogP contribution in [0.5, 0.6) is 0 Å². The van der Waals surface area contributed by atoms with E-state index in [1.165, 1.54) is 24.9 Å². The summed E-state index contributed by atoms with van der Waals surface area (Å²) >= 11 is 1.42. The Morgan fingerprint density at radius 1 is 1.55 bits per heavy atom. The minimum Gasteiger partial charge on any atom is -0.469 e. The molecule has 0 spiro atoms. The lowest BCUT2D eigenvalue weighted by Crippen LogP contribution is -2.13. The molecule has 1 aliphatic rings. The Bertz CT molecular complexity index is 498. The van der Waals surface area contributed by atoms with Gasteiger partial charge in [0.1, 0.15) is 5.82 Å². The van der Waals surface area contributed by atoms with Crippen molar-refractivity contribution in [1.29, 1.82) is 0 Å². The zero-order chi connectivity index (χ0) is 14.8. The molecule has 1 atom stereocenters. The first-order chi connectivity index (χ1) is 9.46. The Balaban J connectivity index is 1.96. The number of hydrogen-bond donors (Lipinski definition) is 1. The third kappa shape index (κ3) is 3.73. The van der Waals surface area contributed by atoms with Gasteiger partial charge in [-0.3, -0.25) is 4.79 Å². The maximum atomic E-state index is 13.9. The van der Waals surface area contributed by atoms with E-state index in [1.807, 2.05) is 0 Å². The molecule has 2 rings (SSSR count). The quantitative estimate of drug-likeness (QED) is 0.646. The van der Waals surface area contributed by atoms with E-state index < -0.39 is 6.10 Å². The number of thioether (sulfide) groups is 1. The van der Waals surface area contributed by atoms with Crippen LogP contribution < -0.4 is 0 Å². The van der Waals surface area contributed by atoms with E-state index >= 15 is 0 Å². The second kappa shape index (κ2) is 6.14. The molecule has 1 aromatic rings. The zero-order valence-electron chi connectivity index (χ0n) is 11.7. The van der Waals surface area contributed by atoms with Crippen molar-refractivity contribution in [3.8, 4) is 0 Å². The summed E-state index contributed by atoms with van der Waals surface area (Å²) in [5.74, 6) is 0.197. The fourth-order valence-electron chi connectivity index (χ4n) is 2.05. The van der Waals surface area contributed by atoms with E-state index in [-0.39, 0.29) is 17.2 Å². The Morgan fingerprint density at radius 2 is 2.25 bits per heavy atom. The molecule has 0 aliphatic heterocycles. The first-order valence-electron chi connectivity index (χ1n) is 6.63. The van der Waals surface area contributed by atoms with Crippen LogP contribution in [0.3, 0.4) is 0 Å². The fraction of sp³-hybridized carbons (Fsp3) is 0.533. The molecule has 0 heterocycles. The Labute approximate surface area is 122 Å². The van der Waals surface area contributed by atoms with E-state index in [0.29, 0.717) is 22.6 Å². The van der Waals surface area contributed by atoms with Crippen molar-refractivity contribution in [2.24, 2.45) is 5.41 Å². The molecule has 20 heavy (non-hydrogen) atoms. The lowest BCUT2D eigenvalue weighted by Gasteiger charge is -2.14. The molecular formula is C15H19FO3S. The largest absolute Gasteiger partial charge is 0.469 e. The van der Waals surface area contributed by atoms with Crippen LogP contribution in [0.1, 0.15) is 37.9 Å². The molecule has 0 saturated heterocycles. The van der Waals surface area contributed by atoms with Crippen LogP contribution in [0.15, 0.2) is 23.1 Å². The Morgan fingerprint density at radius 3 is 2.75 bits per heavy atom. The molecule has 1 fully saturated rings. The number of aliphatic hydroxyl groups excluding tert-OH is 1. The monoisotopic (exact) mass is 298 g/mol. The summed E-state index contributed by atoms with van der Waals surface area (Å²) < 4.78 is 18.6. The summed E-state index contributed by atoms with van der Waals surface area (Å²) in [7, 11) is 1.39. The number of benzene rings is 1. The van der Waals surface area contributed by atoms with Crippen molar-refractivity contribution in [2.75, 3.05) is 12.9 Å².